The minimum absolute atomic E-state index is 0.00275. The standard InChI is InChI=1S/C16H17BrN2O/c1-11(12-6-4-3-5-7-12)19(2)16(20)14-10-13(18)8-9-15(14)17/h3-11H,18H2,1-2H3. The topological polar surface area (TPSA) is 46.3 Å². The van der Waals surface area contributed by atoms with Crippen LogP contribution in [0, 0.1) is 0 Å². The molecule has 0 aliphatic carbocycles. The predicted molar refractivity (Wildman–Crippen MR) is 85.5 cm³/mol. The summed E-state index contributed by atoms with van der Waals surface area (Å²) in [7, 11) is 1.80. The van der Waals surface area contributed by atoms with Crippen molar-refractivity contribution in [2.45, 2.75) is 13.0 Å². The zero-order valence-electron chi connectivity index (χ0n) is 11.5. The zero-order valence-corrected chi connectivity index (χ0v) is 13.1. The number of hydrogen-bond acceptors (Lipinski definition) is 2. The van der Waals surface area contributed by atoms with Gasteiger partial charge in [0.2, 0.25) is 0 Å². The molecule has 0 saturated heterocycles. The molecule has 1 atom stereocenters. The van der Waals surface area contributed by atoms with E-state index in [2.05, 4.69) is 15.9 Å². The van der Waals surface area contributed by atoms with E-state index in [9.17, 15) is 4.79 Å². The van der Waals surface area contributed by atoms with Crippen molar-refractivity contribution in [2.75, 3.05) is 12.8 Å². The normalized spacial score (nSPS) is 11.9. The lowest BCUT2D eigenvalue weighted by Crippen LogP contribution is -2.30. The fourth-order valence-electron chi connectivity index (χ4n) is 2.03. The second kappa shape index (κ2) is 6.09. The summed E-state index contributed by atoms with van der Waals surface area (Å²) in [4.78, 5) is 14.3. The Morgan fingerprint density at radius 1 is 1.20 bits per heavy atom. The van der Waals surface area contributed by atoms with E-state index in [0.29, 0.717) is 11.3 Å². The number of carbonyl (C=O) groups is 1. The lowest BCUT2D eigenvalue weighted by atomic mass is 10.1. The van der Waals surface area contributed by atoms with Gasteiger partial charge in [-0.3, -0.25) is 4.79 Å². The van der Waals surface area contributed by atoms with Gasteiger partial charge in [0, 0.05) is 17.2 Å². The zero-order chi connectivity index (χ0) is 14.7. The summed E-state index contributed by atoms with van der Waals surface area (Å²) in [5.74, 6) is -0.0551. The number of anilines is 1. The van der Waals surface area contributed by atoms with E-state index in [-0.39, 0.29) is 11.9 Å². The monoisotopic (exact) mass is 332 g/mol. The molecule has 1 unspecified atom stereocenters. The molecule has 0 bridgehead atoms. The second-order valence-corrected chi connectivity index (χ2v) is 5.60. The van der Waals surface area contributed by atoms with Gasteiger partial charge in [0.15, 0.2) is 0 Å². The van der Waals surface area contributed by atoms with Crippen LogP contribution in [0.1, 0.15) is 28.9 Å². The number of hydrogen-bond donors (Lipinski definition) is 1. The van der Waals surface area contributed by atoms with Crippen LogP contribution >= 0.6 is 15.9 Å². The Morgan fingerprint density at radius 3 is 2.50 bits per heavy atom. The van der Waals surface area contributed by atoms with Crippen molar-refractivity contribution >= 4 is 27.5 Å². The van der Waals surface area contributed by atoms with Crippen molar-refractivity contribution in [3.8, 4) is 0 Å². The van der Waals surface area contributed by atoms with Crippen LogP contribution in [-0.2, 0) is 0 Å². The fourth-order valence-corrected chi connectivity index (χ4v) is 2.44. The summed E-state index contributed by atoms with van der Waals surface area (Å²) >= 11 is 3.40. The molecule has 2 rings (SSSR count). The minimum atomic E-state index is -0.0551. The molecule has 4 heteroatoms. The number of nitrogens with two attached hydrogens (primary N) is 1. The van der Waals surface area contributed by atoms with Gasteiger partial charge < -0.3 is 10.6 Å². The molecule has 0 fully saturated rings. The third-order valence-electron chi connectivity index (χ3n) is 3.40. The minimum Gasteiger partial charge on any atom is -0.399 e. The van der Waals surface area contributed by atoms with Crippen LogP contribution in [0.15, 0.2) is 53.0 Å². The van der Waals surface area contributed by atoms with Gasteiger partial charge in [0.05, 0.1) is 11.6 Å². The smallest absolute Gasteiger partial charge is 0.255 e. The molecule has 0 saturated carbocycles. The lowest BCUT2D eigenvalue weighted by Gasteiger charge is -2.26. The predicted octanol–water partition coefficient (Wildman–Crippen LogP) is 3.86. The Labute approximate surface area is 127 Å². The first-order valence-electron chi connectivity index (χ1n) is 6.38. The summed E-state index contributed by atoms with van der Waals surface area (Å²) in [5, 5.41) is 0. The van der Waals surface area contributed by atoms with Gasteiger partial charge in [-0.2, -0.15) is 0 Å². The van der Waals surface area contributed by atoms with E-state index in [1.807, 2.05) is 37.3 Å². The molecule has 1 amide bonds. The van der Waals surface area contributed by atoms with Crippen LogP contribution in [0.2, 0.25) is 0 Å². The van der Waals surface area contributed by atoms with Crippen molar-refractivity contribution in [2.24, 2.45) is 0 Å². The third-order valence-corrected chi connectivity index (χ3v) is 4.10. The molecule has 0 radical (unpaired) electrons. The summed E-state index contributed by atoms with van der Waals surface area (Å²) < 4.78 is 0.754. The van der Waals surface area contributed by atoms with E-state index in [1.54, 1.807) is 30.1 Å². The summed E-state index contributed by atoms with van der Waals surface area (Å²) in [6.07, 6.45) is 0. The van der Waals surface area contributed by atoms with Crippen molar-refractivity contribution in [1.29, 1.82) is 0 Å². The lowest BCUT2D eigenvalue weighted by molar-refractivity contribution is 0.0742. The highest BCUT2D eigenvalue weighted by Crippen LogP contribution is 2.25. The van der Waals surface area contributed by atoms with Crippen LogP contribution in [-0.4, -0.2) is 17.9 Å². The molecular weight excluding hydrogens is 316 g/mol. The van der Waals surface area contributed by atoms with Crippen LogP contribution in [0.25, 0.3) is 0 Å². The van der Waals surface area contributed by atoms with E-state index < -0.39 is 0 Å². The maximum Gasteiger partial charge on any atom is 0.255 e. The van der Waals surface area contributed by atoms with E-state index in [1.165, 1.54) is 0 Å². The van der Waals surface area contributed by atoms with Gasteiger partial charge in [-0.25, -0.2) is 0 Å². The van der Waals surface area contributed by atoms with Gasteiger partial charge in [-0.05, 0) is 46.6 Å². The summed E-state index contributed by atoms with van der Waals surface area (Å²) in [5.41, 5.74) is 8.02. The summed E-state index contributed by atoms with van der Waals surface area (Å²) in [6, 6.07) is 15.2. The first-order valence-corrected chi connectivity index (χ1v) is 7.17. The molecular formula is C16H17BrN2O. The molecule has 2 aromatic rings. The van der Waals surface area contributed by atoms with Crippen molar-refractivity contribution in [1.82, 2.24) is 4.90 Å². The Balaban J connectivity index is 2.27. The molecule has 0 spiro atoms. The quantitative estimate of drug-likeness (QED) is 0.867. The highest BCUT2D eigenvalue weighted by molar-refractivity contribution is 9.10. The number of carbonyl (C=O) groups excluding carboxylic acids is 1. The Kier molecular flexibility index (Phi) is 4.45. The highest BCUT2D eigenvalue weighted by Gasteiger charge is 2.20. The molecule has 20 heavy (non-hydrogen) atoms. The number of nitrogens with zero attached hydrogens (tertiary/aromatic N) is 1. The SMILES string of the molecule is CC(c1ccccc1)N(C)C(=O)c1cc(N)ccc1Br. The molecule has 0 heterocycles. The van der Waals surface area contributed by atoms with Gasteiger partial charge >= 0.3 is 0 Å². The molecule has 0 aromatic heterocycles. The van der Waals surface area contributed by atoms with Crippen molar-refractivity contribution in [3.05, 3.63) is 64.1 Å². The van der Waals surface area contributed by atoms with Crippen molar-refractivity contribution < 1.29 is 4.79 Å². The molecule has 0 aliphatic heterocycles. The van der Waals surface area contributed by atoms with Crippen LogP contribution in [0.4, 0.5) is 5.69 Å². The Hall–Kier alpha value is -1.81. The Bertz CT molecular complexity index is 613. The third kappa shape index (κ3) is 3.02. The molecule has 0 aliphatic rings. The van der Waals surface area contributed by atoms with Crippen LogP contribution < -0.4 is 5.73 Å². The number of nitrogen functional groups attached to an aromatic ring is 1. The second-order valence-electron chi connectivity index (χ2n) is 4.74. The van der Waals surface area contributed by atoms with E-state index in [0.717, 1.165) is 10.0 Å². The van der Waals surface area contributed by atoms with Gasteiger partial charge in [-0.1, -0.05) is 30.3 Å². The summed E-state index contributed by atoms with van der Waals surface area (Å²) in [6.45, 7) is 2.01. The molecule has 104 valence electrons. The van der Waals surface area contributed by atoms with E-state index >= 15 is 0 Å². The number of amides is 1. The maximum absolute atomic E-state index is 12.6. The number of rotatable bonds is 3. The average Bonchev–Trinajstić information content (AvgIpc) is 2.48. The first-order chi connectivity index (χ1) is 9.50. The van der Waals surface area contributed by atoms with Gasteiger partial charge in [-0.15, -0.1) is 0 Å². The first kappa shape index (κ1) is 14.6. The highest BCUT2D eigenvalue weighted by atomic mass is 79.9. The fraction of sp³-hybridized carbons (Fsp3) is 0.188. The number of benzene rings is 2. The van der Waals surface area contributed by atoms with Crippen LogP contribution in [0.5, 0.6) is 0 Å². The van der Waals surface area contributed by atoms with Crippen LogP contribution in [0.3, 0.4) is 0 Å². The number of halogens is 1. The van der Waals surface area contributed by atoms with Gasteiger partial charge in [0.25, 0.3) is 5.91 Å². The van der Waals surface area contributed by atoms with Gasteiger partial charge in [0.1, 0.15) is 0 Å². The Morgan fingerprint density at radius 2 is 1.85 bits per heavy atom. The van der Waals surface area contributed by atoms with Crippen molar-refractivity contribution in [3.63, 3.8) is 0 Å². The van der Waals surface area contributed by atoms with E-state index in [4.69, 9.17) is 5.73 Å². The average molecular weight is 333 g/mol. The molecule has 3 nitrogen and oxygen atoms in total. The molecule has 2 aromatic carbocycles. The molecule has 2 N–H and O–H groups in total. The largest absolute Gasteiger partial charge is 0.399 e. The maximum atomic E-state index is 12.6.